The lowest BCUT2D eigenvalue weighted by Crippen LogP contribution is -1.94. The zero-order valence-electron chi connectivity index (χ0n) is 7.06. The molecule has 1 rings (SSSR count). The highest BCUT2D eigenvalue weighted by Gasteiger charge is 2.00. The summed E-state index contributed by atoms with van der Waals surface area (Å²) < 4.78 is 1.22. The first kappa shape index (κ1) is 10.3. The van der Waals surface area contributed by atoms with Crippen molar-refractivity contribution in [2.75, 3.05) is 0 Å². The summed E-state index contributed by atoms with van der Waals surface area (Å²) in [5.41, 5.74) is 1.39. The van der Waals surface area contributed by atoms with Crippen molar-refractivity contribution in [1.29, 1.82) is 0 Å². The highest BCUT2D eigenvalue weighted by Crippen LogP contribution is 2.19. The summed E-state index contributed by atoms with van der Waals surface area (Å²) in [6.07, 6.45) is 2.32. The molecule has 0 nitrogen and oxygen atoms in total. The summed E-state index contributed by atoms with van der Waals surface area (Å²) in [4.78, 5) is 0.601. The Bertz CT molecular complexity index is 243. The van der Waals surface area contributed by atoms with Crippen molar-refractivity contribution in [3.63, 3.8) is 0 Å². The largest absolute Gasteiger partial charge is 0.0894 e. The number of halogens is 2. The molecule has 0 aromatic heterocycles. The van der Waals surface area contributed by atoms with Crippen LogP contribution in [0.5, 0.6) is 0 Å². The Morgan fingerprint density at radius 3 is 2.58 bits per heavy atom. The fourth-order valence-corrected chi connectivity index (χ4v) is 1.77. The second kappa shape index (κ2) is 5.03. The van der Waals surface area contributed by atoms with Crippen LogP contribution in [0.3, 0.4) is 0 Å². The molecule has 0 radical (unpaired) electrons. The highest BCUT2D eigenvalue weighted by atomic mass is 79.9. The van der Waals surface area contributed by atoms with Gasteiger partial charge in [-0.15, -0.1) is 0 Å². The van der Waals surface area contributed by atoms with Gasteiger partial charge in [-0.3, -0.25) is 0 Å². The molecule has 1 atom stereocenters. The van der Waals surface area contributed by atoms with Crippen molar-refractivity contribution in [1.82, 2.24) is 0 Å². The van der Waals surface area contributed by atoms with E-state index >= 15 is 0 Å². The minimum absolute atomic E-state index is 0.601. The van der Waals surface area contributed by atoms with Gasteiger partial charge in [0.1, 0.15) is 0 Å². The van der Waals surface area contributed by atoms with E-state index in [1.54, 1.807) is 0 Å². The maximum absolute atomic E-state index is 3.54. The third-order valence-corrected chi connectivity index (χ3v) is 3.00. The number of aryl methyl sites for hydroxylation is 1. The first-order chi connectivity index (χ1) is 5.70. The topological polar surface area (TPSA) is 0 Å². The monoisotopic (exact) mass is 290 g/mol. The fourth-order valence-electron chi connectivity index (χ4n) is 1.06. The van der Waals surface area contributed by atoms with Crippen LogP contribution in [0.15, 0.2) is 28.7 Å². The van der Waals surface area contributed by atoms with E-state index in [1.807, 2.05) is 6.07 Å². The molecular weight excluding hydrogens is 280 g/mol. The summed E-state index contributed by atoms with van der Waals surface area (Å²) in [5.74, 6) is 0. The Morgan fingerprint density at radius 1 is 1.33 bits per heavy atom. The van der Waals surface area contributed by atoms with Gasteiger partial charge in [0.15, 0.2) is 0 Å². The normalized spacial score (nSPS) is 12.9. The van der Waals surface area contributed by atoms with Gasteiger partial charge in [-0.05, 0) is 24.5 Å². The SMILES string of the molecule is C[C@H](Br)CCc1ccccc1Br. The molecule has 0 saturated carbocycles. The molecule has 0 aliphatic heterocycles. The van der Waals surface area contributed by atoms with Crippen LogP contribution in [0, 0.1) is 0 Å². The molecule has 0 saturated heterocycles. The van der Waals surface area contributed by atoms with Gasteiger partial charge in [-0.2, -0.15) is 0 Å². The lowest BCUT2D eigenvalue weighted by atomic mass is 10.1. The molecule has 12 heavy (non-hydrogen) atoms. The van der Waals surface area contributed by atoms with Gasteiger partial charge >= 0.3 is 0 Å². The Balaban J connectivity index is 2.57. The Labute approximate surface area is 90.6 Å². The fraction of sp³-hybridized carbons (Fsp3) is 0.400. The lowest BCUT2D eigenvalue weighted by molar-refractivity contribution is 0.819. The zero-order valence-corrected chi connectivity index (χ0v) is 10.2. The number of alkyl halides is 1. The molecule has 0 N–H and O–H groups in total. The minimum atomic E-state index is 0.601. The molecule has 1 aromatic rings. The van der Waals surface area contributed by atoms with Crippen LogP contribution in [0.25, 0.3) is 0 Å². The van der Waals surface area contributed by atoms with Crippen molar-refractivity contribution >= 4 is 31.9 Å². The van der Waals surface area contributed by atoms with Crippen LogP contribution >= 0.6 is 31.9 Å². The first-order valence-corrected chi connectivity index (χ1v) is 5.78. The number of benzene rings is 1. The Hall–Kier alpha value is 0.180. The average molecular weight is 292 g/mol. The van der Waals surface area contributed by atoms with Gasteiger partial charge < -0.3 is 0 Å². The molecular formula is C10H12Br2. The standard InChI is InChI=1S/C10H12Br2/c1-8(11)6-7-9-4-2-3-5-10(9)12/h2-5,8H,6-7H2,1H3/t8-/m0/s1. The van der Waals surface area contributed by atoms with E-state index in [0.717, 1.165) is 6.42 Å². The van der Waals surface area contributed by atoms with Crippen LogP contribution in [0.4, 0.5) is 0 Å². The van der Waals surface area contributed by atoms with Crippen molar-refractivity contribution in [3.8, 4) is 0 Å². The predicted octanol–water partition coefficient (Wildman–Crippen LogP) is 4.17. The molecule has 0 spiro atoms. The van der Waals surface area contributed by atoms with Crippen LogP contribution in [-0.4, -0.2) is 4.83 Å². The average Bonchev–Trinajstić information content (AvgIpc) is 2.03. The minimum Gasteiger partial charge on any atom is -0.0894 e. The van der Waals surface area contributed by atoms with Gasteiger partial charge in [0.2, 0.25) is 0 Å². The van der Waals surface area contributed by atoms with E-state index in [0.29, 0.717) is 4.83 Å². The summed E-state index contributed by atoms with van der Waals surface area (Å²) in [6, 6.07) is 8.39. The van der Waals surface area contributed by atoms with E-state index in [4.69, 9.17) is 0 Å². The highest BCUT2D eigenvalue weighted by molar-refractivity contribution is 9.10. The van der Waals surface area contributed by atoms with Gasteiger partial charge in [-0.25, -0.2) is 0 Å². The van der Waals surface area contributed by atoms with Crippen LogP contribution in [0.1, 0.15) is 18.9 Å². The molecule has 0 bridgehead atoms. The van der Waals surface area contributed by atoms with E-state index in [1.165, 1.54) is 16.5 Å². The molecule has 2 heteroatoms. The van der Waals surface area contributed by atoms with Gasteiger partial charge in [0.05, 0.1) is 0 Å². The van der Waals surface area contributed by atoms with E-state index in [9.17, 15) is 0 Å². The molecule has 66 valence electrons. The third-order valence-electron chi connectivity index (χ3n) is 1.77. The summed E-state index contributed by atoms with van der Waals surface area (Å²) in [7, 11) is 0. The predicted molar refractivity (Wildman–Crippen MR) is 60.9 cm³/mol. The lowest BCUT2D eigenvalue weighted by Gasteiger charge is -2.04. The number of hydrogen-bond acceptors (Lipinski definition) is 0. The zero-order chi connectivity index (χ0) is 8.97. The maximum atomic E-state index is 3.54. The Kier molecular flexibility index (Phi) is 4.30. The van der Waals surface area contributed by atoms with Crippen LogP contribution in [-0.2, 0) is 6.42 Å². The molecule has 1 aromatic carbocycles. The molecule has 0 heterocycles. The number of rotatable bonds is 3. The summed E-state index contributed by atoms with van der Waals surface area (Å²) >= 11 is 7.07. The Morgan fingerprint density at radius 2 is 2.00 bits per heavy atom. The molecule has 0 unspecified atom stereocenters. The quantitative estimate of drug-likeness (QED) is 0.734. The van der Waals surface area contributed by atoms with E-state index in [-0.39, 0.29) is 0 Å². The number of hydrogen-bond donors (Lipinski definition) is 0. The molecule has 0 aliphatic carbocycles. The van der Waals surface area contributed by atoms with Crippen molar-refractivity contribution in [2.24, 2.45) is 0 Å². The van der Waals surface area contributed by atoms with Crippen molar-refractivity contribution in [2.45, 2.75) is 24.6 Å². The molecule has 0 aliphatic rings. The first-order valence-electron chi connectivity index (χ1n) is 4.07. The van der Waals surface area contributed by atoms with Crippen LogP contribution < -0.4 is 0 Å². The second-order valence-electron chi connectivity index (χ2n) is 2.91. The van der Waals surface area contributed by atoms with Crippen LogP contribution in [0.2, 0.25) is 0 Å². The second-order valence-corrected chi connectivity index (χ2v) is 5.33. The molecule has 0 fully saturated rings. The van der Waals surface area contributed by atoms with Gasteiger partial charge in [-0.1, -0.05) is 57.0 Å². The van der Waals surface area contributed by atoms with Crippen molar-refractivity contribution < 1.29 is 0 Å². The third kappa shape index (κ3) is 3.28. The van der Waals surface area contributed by atoms with E-state index in [2.05, 4.69) is 57.0 Å². The van der Waals surface area contributed by atoms with Gasteiger partial charge in [0, 0.05) is 9.30 Å². The molecule has 0 amide bonds. The van der Waals surface area contributed by atoms with Gasteiger partial charge in [0.25, 0.3) is 0 Å². The maximum Gasteiger partial charge on any atom is 0.0207 e. The van der Waals surface area contributed by atoms with E-state index < -0.39 is 0 Å². The van der Waals surface area contributed by atoms with Crippen molar-refractivity contribution in [3.05, 3.63) is 34.3 Å². The summed E-state index contributed by atoms with van der Waals surface area (Å²) in [6.45, 7) is 2.18. The smallest absolute Gasteiger partial charge is 0.0207 e. The summed E-state index contributed by atoms with van der Waals surface area (Å²) in [5, 5.41) is 0.